The number of halogens is 1. The normalized spacial score (nSPS) is 14.2. The maximum atomic E-state index is 6.51. The number of rotatable bonds is 2. The third-order valence-corrected chi connectivity index (χ3v) is 7.00. The van der Waals surface area contributed by atoms with Crippen LogP contribution < -0.4 is 0 Å². The third kappa shape index (κ3) is 2.36. The van der Waals surface area contributed by atoms with Gasteiger partial charge in [-0.05, 0) is 46.4 Å². The molecule has 0 N–H and O–H groups in total. The highest BCUT2D eigenvalue weighted by atomic mass is 35.5. The molecule has 6 rings (SSSR count). The molecule has 0 radical (unpaired) electrons. The molecular weight excluding hydrogens is 388 g/mol. The molecule has 5 aromatic rings. The van der Waals surface area contributed by atoms with E-state index in [1.54, 1.807) is 0 Å². The van der Waals surface area contributed by atoms with Crippen LogP contribution in [0.1, 0.15) is 36.1 Å². The zero-order chi connectivity index (χ0) is 20.5. The summed E-state index contributed by atoms with van der Waals surface area (Å²) in [5.74, 6) is 0. The molecule has 0 atom stereocenters. The van der Waals surface area contributed by atoms with Gasteiger partial charge in [-0.2, -0.15) is 0 Å². The van der Waals surface area contributed by atoms with Crippen LogP contribution in [0.15, 0.2) is 83.3 Å². The summed E-state index contributed by atoms with van der Waals surface area (Å²) in [5.41, 5.74) is 9.53. The van der Waals surface area contributed by atoms with Crippen molar-refractivity contribution in [2.75, 3.05) is 0 Å². The predicted molar refractivity (Wildman–Crippen MR) is 126 cm³/mol. The molecule has 30 heavy (non-hydrogen) atoms. The van der Waals surface area contributed by atoms with Crippen LogP contribution in [0.2, 0.25) is 5.02 Å². The largest absolute Gasteiger partial charge is 0.455 e. The van der Waals surface area contributed by atoms with Crippen molar-refractivity contribution in [3.63, 3.8) is 0 Å². The Bertz CT molecular complexity index is 1450. The summed E-state index contributed by atoms with van der Waals surface area (Å²) < 4.78 is 6.45. The summed E-state index contributed by atoms with van der Waals surface area (Å²) in [6, 6.07) is 27.6. The van der Waals surface area contributed by atoms with Gasteiger partial charge in [0.05, 0.1) is 0 Å². The minimum Gasteiger partial charge on any atom is -0.455 e. The van der Waals surface area contributed by atoms with Crippen molar-refractivity contribution in [2.45, 2.75) is 25.7 Å². The Morgan fingerprint density at radius 3 is 2.30 bits per heavy atom. The van der Waals surface area contributed by atoms with Crippen molar-refractivity contribution >= 4 is 33.5 Å². The zero-order valence-electron chi connectivity index (χ0n) is 17.0. The summed E-state index contributed by atoms with van der Waals surface area (Å²) in [7, 11) is 0. The van der Waals surface area contributed by atoms with Crippen LogP contribution in [-0.2, 0) is 11.8 Å². The van der Waals surface area contributed by atoms with Crippen molar-refractivity contribution in [2.24, 2.45) is 0 Å². The van der Waals surface area contributed by atoms with Crippen LogP contribution in [0, 0.1) is 0 Å². The van der Waals surface area contributed by atoms with Crippen LogP contribution in [0.25, 0.3) is 33.1 Å². The average molecular weight is 409 g/mol. The lowest BCUT2D eigenvalue weighted by molar-refractivity contribution is 0.653. The summed E-state index contributed by atoms with van der Waals surface area (Å²) in [5, 5.41) is 3.17. The summed E-state index contributed by atoms with van der Waals surface area (Å²) in [6.07, 6.45) is 0.801. The maximum absolute atomic E-state index is 6.51. The fourth-order valence-corrected chi connectivity index (χ4v) is 5.32. The number of furan rings is 1. The van der Waals surface area contributed by atoms with Crippen LogP contribution in [0.3, 0.4) is 0 Å². The Morgan fingerprint density at radius 2 is 1.43 bits per heavy atom. The Morgan fingerprint density at radius 1 is 0.700 bits per heavy atom. The third-order valence-electron chi connectivity index (χ3n) is 6.63. The predicted octanol–water partition coefficient (Wildman–Crippen LogP) is 8.14. The Labute approximate surface area is 180 Å². The highest BCUT2D eigenvalue weighted by Crippen LogP contribution is 2.53. The Hall–Kier alpha value is -3.03. The van der Waals surface area contributed by atoms with E-state index in [1.165, 1.54) is 38.6 Å². The van der Waals surface area contributed by atoms with Crippen LogP contribution in [0.5, 0.6) is 0 Å². The highest BCUT2D eigenvalue weighted by Gasteiger charge is 2.38. The second kappa shape index (κ2) is 6.23. The molecule has 0 amide bonds. The van der Waals surface area contributed by atoms with Gasteiger partial charge in [0, 0.05) is 26.8 Å². The minimum absolute atomic E-state index is 0.0751. The zero-order valence-corrected chi connectivity index (χ0v) is 17.8. The van der Waals surface area contributed by atoms with Crippen molar-refractivity contribution in [1.29, 1.82) is 0 Å². The molecule has 1 nitrogen and oxygen atoms in total. The molecule has 0 fully saturated rings. The van der Waals surface area contributed by atoms with Gasteiger partial charge in [-0.25, -0.2) is 0 Å². The summed E-state index contributed by atoms with van der Waals surface area (Å²) in [6.45, 7) is 4.62. The number of hydrogen-bond donors (Lipinski definition) is 0. The van der Waals surface area contributed by atoms with Gasteiger partial charge in [0.25, 0.3) is 0 Å². The molecule has 0 saturated heterocycles. The monoisotopic (exact) mass is 408 g/mol. The van der Waals surface area contributed by atoms with Gasteiger partial charge in [-0.1, -0.05) is 92.2 Å². The molecule has 0 spiro atoms. The molecule has 2 heteroatoms. The molecule has 1 heterocycles. The Balaban J connectivity index is 1.68. The molecule has 0 unspecified atom stereocenters. The standard InChI is InChI=1S/C28H21ClO/c1-28(2)21-11-7-9-18(16-17-8-3-5-12-23(17)29)25(21)26-22(28)15-14-20-19-10-4-6-13-24(19)30-27(20)26/h3-15H,16H2,1-2H3. The SMILES string of the molecule is CC1(C)c2cccc(Cc3ccccc3Cl)c2-c2c1ccc1c2oc2ccccc21. The first kappa shape index (κ1) is 17.8. The first-order valence-electron chi connectivity index (χ1n) is 10.4. The van der Waals surface area contributed by atoms with E-state index in [2.05, 4.69) is 74.5 Å². The lowest BCUT2D eigenvalue weighted by atomic mass is 9.82. The average Bonchev–Trinajstić information content (AvgIpc) is 3.24. The lowest BCUT2D eigenvalue weighted by Crippen LogP contribution is -2.14. The van der Waals surface area contributed by atoms with Gasteiger partial charge in [0.15, 0.2) is 0 Å². The molecule has 4 aromatic carbocycles. The number of para-hydroxylation sites is 1. The first-order valence-corrected chi connectivity index (χ1v) is 10.7. The fraction of sp³-hybridized carbons (Fsp3) is 0.143. The van der Waals surface area contributed by atoms with E-state index in [9.17, 15) is 0 Å². The second-order valence-electron chi connectivity index (χ2n) is 8.70. The van der Waals surface area contributed by atoms with E-state index in [0.717, 1.165) is 28.2 Å². The maximum Gasteiger partial charge on any atom is 0.143 e. The van der Waals surface area contributed by atoms with E-state index >= 15 is 0 Å². The second-order valence-corrected chi connectivity index (χ2v) is 9.10. The molecule has 0 bridgehead atoms. The minimum atomic E-state index is -0.0751. The fourth-order valence-electron chi connectivity index (χ4n) is 5.11. The summed E-state index contributed by atoms with van der Waals surface area (Å²) in [4.78, 5) is 0. The van der Waals surface area contributed by atoms with Crippen LogP contribution in [-0.4, -0.2) is 0 Å². The van der Waals surface area contributed by atoms with Gasteiger partial charge < -0.3 is 4.42 Å². The van der Waals surface area contributed by atoms with Gasteiger partial charge in [-0.15, -0.1) is 0 Å². The van der Waals surface area contributed by atoms with Crippen LogP contribution in [0.4, 0.5) is 0 Å². The number of benzene rings is 4. The van der Waals surface area contributed by atoms with Crippen molar-refractivity contribution in [3.8, 4) is 11.1 Å². The molecule has 1 aromatic heterocycles. The van der Waals surface area contributed by atoms with Gasteiger partial charge in [0.1, 0.15) is 11.2 Å². The van der Waals surface area contributed by atoms with Gasteiger partial charge in [-0.3, -0.25) is 0 Å². The topological polar surface area (TPSA) is 13.1 Å². The quantitative estimate of drug-likeness (QED) is 0.287. The summed E-state index contributed by atoms with van der Waals surface area (Å²) >= 11 is 6.51. The van der Waals surface area contributed by atoms with Crippen molar-refractivity contribution in [1.82, 2.24) is 0 Å². The molecule has 1 aliphatic rings. The molecule has 1 aliphatic carbocycles. The molecule has 0 aliphatic heterocycles. The number of hydrogen-bond acceptors (Lipinski definition) is 1. The van der Waals surface area contributed by atoms with E-state index in [4.69, 9.17) is 16.0 Å². The van der Waals surface area contributed by atoms with Crippen LogP contribution >= 0.6 is 11.6 Å². The van der Waals surface area contributed by atoms with E-state index < -0.39 is 0 Å². The molecule has 146 valence electrons. The molecular formula is C28H21ClO. The lowest BCUT2D eigenvalue weighted by Gasteiger charge is -2.21. The van der Waals surface area contributed by atoms with E-state index in [0.29, 0.717) is 0 Å². The smallest absolute Gasteiger partial charge is 0.143 e. The highest BCUT2D eigenvalue weighted by molar-refractivity contribution is 6.31. The van der Waals surface area contributed by atoms with E-state index in [1.807, 2.05) is 18.2 Å². The van der Waals surface area contributed by atoms with Crippen molar-refractivity contribution < 1.29 is 4.42 Å². The Kier molecular flexibility index (Phi) is 3.70. The van der Waals surface area contributed by atoms with Gasteiger partial charge in [0.2, 0.25) is 0 Å². The first-order chi connectivity index (χ1) is 14.6. The van der Waals surface area contributed by atoms with E-state index in [-0.39, 0.29) is 5.41 Å². The molecule has 0 saturated carbocycles. The van der Waals surface area contributed by atoms with Crippen molar-refractivity contribution in [3.05, 3.63) is 106 Å². The van der Waals surface area contributed by atoms with Gasteiger partial charge >= 0.3 is 0 Å². The number of fused-ring (bicyclic) bond motifs is 7.